The molecule has 2 fully saturated rings. The lowest BCUT2D eigenvalue weighted by atomic mass is 9.99. The maximum Gasteiger partial charge on any atom is 0.0226 e. The second-order valence-corrected chi connectivity index (χ2v) is 8.60. The van der Waals surface area contributed by atoms with E-state index in [1.54, 1.807) is 0 Å². The molecule has 2 unspecified atom stereocenters. The highest BCUT2D eigenvalue weighted by atomic mass is 32.2. The van der Waals surface area contributed by atoms with E-state index in [0.29, 0.717) is 4.75 Å². The summed E-state index contributed by atoms with van der Waals surface area (Å²) >= 11 is 6.51. The molecule has 2 heterocycles. The van der Waals surface area contributed by atoms with E-state index in [0.717, 1.165) is 11.2 Å². The van der Waals surface area contributed by atoms with Crippen LogP contribution in [0.15, 0.2) is 0 Å². The van der Waals surface area contributed by atoms with Crippen LogP contribution >= 0.6 is 35.3 Å². The summed E-state index contributed by atoms with van der Waals surface area (Å²) in [5.74, 6) is 6.63. The standard InChI is InChI=1S/C10H18S3/c1-8-4-13-10(2,7-12-8)3-9-5-11-6-9/h8-9H,3-7H2,1-2H3. The van der Waals surface area contributed by atoms with Crippen molar-refractivity contribution in [2.24, 2.45) is 5.92 Å². The van der Waals surface area contributed by atoms with E-state index in [9.17, 15) is 0 Å². The summed E-state index contributed by atoms with van der Waals surface area (Å²) < 4.78 is 0.600. The van der Waals surface area contributed by atoms with E-state index in [1.165, 1.54) is 29.4 Å². The van der Waals surface area contributed by atoms with E-state index < -0.39 is 0 Å². The van der Waals surface area contributed by atoms with Crippen LogP contribution in [0.3, 0.4) is 0 Å². The van der Waals surface area contributed by atoms with Crippen molar-refractivity contribution < 1.29 is 0 Å². The second kappa shape index (κ2) is 4.28. The van der Waals surface area contributed by atoms with E-state index in [-0.39, 0.29) is 0 Å². The third kappa shape index (κ3) is 2.75. The van der Waals surface area contributed by atoms with Crippen LogP contribution in [-0.2, 0) is 0 Å². The maximum atomic E-state index is 2.47. The lowest BCUT2D eigenvalue weighted by molar-refractivity contribution is 0.501. The SMILES string of the molecule is CC1CSC(C)(CC2CSC2)CS1. The summed E-state index contributed by atoms with van der Waals surface area (Å²) in [5.41, 5.74) is 0. The minimum absolute atomic E-state index is 0.600. The predicted octanol–water partition coefficient (Wildman–Crippen LogP) is 3.37. The average Bonchev–Trinajstić information content (AvgIpc) is 2.05. The lowest BCUT2D eigenvalue weighted by Gasteiger charge is -2.40. The molecule has 13 heavy (non-hydrogen) atoms. The summed E-state index contributed by atoms with van der Waals surface area (Å²) in [4.78, 5) is 0. The minimum atomic E-state index is 0.600. The van der Waals surface area contributed by atoms with E-state index in [4.69, 9.17) is 0 Å². The molecular weight excluding hydrogens is 216 g/mol. The molecule has 3 heteroatoms. The molecule has 0 amide bonds. The van der Waals surface area contributed by atoms with Crippen molar-refractivity contribution in [3.8, 4) is 0 Å². The van der Waals surface area contributed by atoms with Gasteiger partial charge in [0.2, 0.25) is 0 Å². The van der Waals surface area contributed by atoms with Gasteiger partial charge >= 0.3 is 0 Å². The summed E-state index contributed by atoms with van der Waals surface area (Å²) in [7, 11) is 0. The molecule has 0 aliphatic carbocycles. The fourth-order valence-electron chi connectivity index (χ4n) is 1.86. The first-order valence-electron chi connectivity index (χ1n) is 5.01. The van der Waals surface area contributed by atoms with Gasteiger partial charge in [-0.25, -0.2) is 0 Å². The van der Waals surface area contributed by atoms with Gasteiger partial charge in [-0.05, 0) is 30.8 Å². The highest BCUT2D eigenvalue weighted by molar-refractivity contribution is 8.07. The van der Waals surface area contributed by atoms with Crippen molar-refractivity contribution in [2.45, 2.75) is 30.3 Å². The van der Waals surface area contributed by atoms with Gasteiger partial charge in [0.05, 0.1) is 0 Å². The first-order chi connectivity index (χ1) is 6.18. The van der Waals surface area contributed by atoms with Crippen molar-refractivity contribution in [3.63, 3.8) is 0 Å². The third-order valence-corrected chi connectivity index (χ3v) is 7.79. The van der Waals surface area contributed by atoms with Gasteiger partial charge < -0.3 is 0 Å². The number of hydrogen-bond donors (Lipinski definition) is 0. The Bertz CT molecular complexity index is 169. The molecule has 0 nitrogen and oxygen atoms in total. The highest BCUT2D eigenvalue weighted by Crippen LogP contribution is 2.44. The van der Waals surface area contributed by atoms with Gasteiger partial charge in [0.25, 0.3) is 0 Å². The molecule has 0 bridgehead atoms. The summed E-state index contributed by atoms with van der Waals surface area (Å²) in [5, 5.41) is 0.883. The molecule has 0 radical (unpaired) electrons. The summed E-state index contributed by atoms with van der Waals surface area (Å²) in [6.45, 7) is 4.83. The zero-order valence-corrected chi connectivity index (χ0v) is 10.9. The largest absolute Gasteiger partial charge is 0.161 e. The second-order valence-electron chi connectivity index (χ2n) is 4.49. The number of hydrogen-bond acceptors (Lipinski definition) is 3. The molecule has 0 aromatic carbocycles. The molecule has 2 rings (SSSR count). The van der Waals surface area contributed by atoms with Crippen LogP contribution in [0.1, 0.15) is 20.3 Å². The fourth-order valence-corrected chi connectivity index (χ4v) is 5.53. The molecule has 0 aromatic heterocycles. The molecule has 2 aliphatic rings. The van der Waals surface area contributed by atoms with Gasteiger partial charge in [0.15, 0.2) is 0 Å². The van der Waals surface area contributed by atoms with Crippen LogP contribution < -0.4 is 0 Å². The van der Waals surface area contributed by atoms with Gasteiger partial charge in [0, 0.05) is 21.5 Å². The van der Waals surface area contributed by atoms with Crippen molar-refractivity contribution in [3.05, 3.63) is 0 Å². The van der Waals surface area contributed by atoms with Crippen molar-refractivity contribution in [1.29, 1.82) is 0 Å². The quantitative estimate of drug-likeness (QED) is 0.719. The van der Waals surface area contributed by atoms with Crippen LogP contribution in [0.2, 0.25) is 0 Å². The topological polar surface area (TPSA) is 0 Å². The summed E-state index contributed by atoms with van der Waals surface area (Å²) in [6, 6.07) is 0. The zero-order chi connectivity index (χ0) is 9.31. The molecule has 0 saturated carbocycles. The zero-order valence-electron chi connectivity index (χ0n) is 8.41. The minimum Gasteiger partial charge on any atom is -0.161 e. The monoisotopic (exact) mass is 234 g/mol. The Hall–Kier alpha value is 1.05. The van der Waals surface area contributed by atoms with Gasteiger partial charge in [-0.1, -0.05) is 6.92 Å². The Labute approximate surface area is 94.4 Å². The van der Waals surface area contributed by atoms with E-state index in [1.807, 2.05) is 0 Å². The smallest absolute Gasteiger partial charge is 0.0226 e. The Morgan fingerprint density at radius 1 is 1.31 bits per heavy atom. The van der Waals surface area contributed by atoms with Crippen LogP contribution in [0.4, 0.5) is 0 Å². The molecular formula is C10H18S3. The molecule has 2 atom stereocenters. The van der Waals surface area contributed by atoms with Gasteiger partial charge in [-0.2, -0.15) is 35.3 Å². The van der Waals surface area contributed by atoms with Crippen LogP contribution in [0.25, 0.3) is 0 Å². The number of rotatable bonds is 2. The summed E-state index contributed by atoms with van der Waals surface area (Å²) in [6.07, 6.45) is 1.46. The first kappa shape index (κ1) is 10.6. The van der Waals surface area contributed by atoms with Crippen LogP contribution in [-0.4, -0.2) is 33.0 Å². The molecule has 0 spiro atoms. The van der Waals surface area contributed by atoms with E-state index in [2.05, 4.69) is 49.1 Å². The van der Waals surface area contributed by atoms with E-state index >= 15 is 0 Å². The Morgan fingerprint density at radius 2 is 2.08 bits per heavy atom. The molecule has 76 valence electrons. The normalized spacial score (nSPS) is 41.5. The van der Waals surface area contributed by atoms with Gasteiger partial charge in [0.1, 0.15) is 0 Å². The number of thioether (sulfide) groups is 3. The van der Waals surface area contributed by atoms with Gasteiger partial charge in [-0.15, -0.1) is 0 Å². The van der Waals surface area contributed by atoms with Crippen molar-refractivity contribution >= 4 is 35.3 Å². The fraction of sp³-hybridized carbons (Fsp3) is 1.00. The average molecular weight is 234 g/mol. The molecule has 2 saturated heterocycles. The van der Waals surface area contributed by atoms with Gasteiger partial charge in [-0.3, -0.25) is 0 Å². The Balaban J connectivity index is 1.81. The van der Waals surface area contributed by atoms with Crippen molar-refractivity contribution in [2.75, 3.05) is 23.0 Å². The third-order valence-electron chi connectivity index (χ3n) is 2.77. The molecule has 0 N–H and O–H groups in total. The highest BCUT2D eigenvalue weighted by Gasteiger charge is 2.35. The Morgan fingerprint density at radius 3 is 2.54 bits per heavy atom. The van der Waals surface area contributed by atoms with Crippen molar-refractivity contribution in [1.82, 2.24) is 0 Å². The predicted molar refractivity (Wildman–Crippen MR) is 68.2 cm³/mol. The van der Waals surface area contributed by atoms with Crippen LogP contribution in [0.5, 0.6) is 0 Å². The lowest BCUT2D eigenvalue weighted by Crippen LogP contribution is -2.36. The Kier molecular flexibility index (Phi) is 3.48. The van der Waals surface area contributed by atoms with Crippen LogP contribution in [0, 0.1) is 5.92 Å². The molecule has 2 aliphatic heterocycles. The molecule has 0 aromatic rings. The maximum absolute atomic E-state index is 2.47. The first-order valence-corrected chi connectivity index (χ1v) is 8.20.